The van der Waals surface area contributed by atoms with Crippen molar-refractivity contribution in [1.82, 2.24) is 10.6 Å². The van der Waals surface area contributed by atoms with E-state index in [9.17, 15) is 0 Å². The van der Waals surface area contributed by atoms with Crippen molar-refractivity contribution >= 4 is 17.6 Å². The van der Waals surface area contributed by atoms with Crippen molar-refractivity contribution in [2.75, 3.05) is 27.4 Å². The summed E-state index contributed by atoms with van der Waals surface area (Å²) in [7, 11) is 3.39. The minimum Gasteiger partial charge on any atom is -0.497 e. The van der Waals surface area contributed by atoms with Crippen molar-refractivity contribution in [2.24, 2.45) is 4.99 Å². The number of aliphatic imine (C=N–C) groups is 1. The topological polar surface area (TPSA) is 64.1 Å². The lowest BCUT2D eigenvalue weighted by Crippen LogP contribution is -2.36. The van der Waals surface area contributed by atoms with Crippen molar-refractivity contribution < 1.29 is 14.2 Å². The Balaban J connectivity index is 1.56. The molecule has 7 heteroatoms. The molecule has 3 rings (SSSR count). The minimum absolute atomic E-state index is 0.520. The molecule has 26 heavy (non-hydrogen) atoms. The van der Waals surface area contributed by atoms with Crippen molar-refractivity contribution in [2.45, 2.75) is 13.1 Å². The third kappa shape index (κ3) is 4.52. The largest absolute Gasteiger partial charge is 0.497 e. The molecular weight excluding hydrogens is 354 g/mol. The average molecular weight is 376 g/mol. The highest BCUT2D eigenvalue weighted by molar-refractivity contribution is 6.32. The third-order valence-corrected chi connectivity index (χ3v) is 4.24. The van der Waals surface area contributed by atoms with Gasteiger partial charge in [0.25, 0.3) is 0 Å². The minimum atomic E-state index is 0.520. The number of nitrogens with zero attached hydrogens (tertiary/aromatic N) is 1. The van der Waals surface area contributed by atoms with Crippen LogP contribution in [0.5, 0.6) is 17.2 Å². The Kier molecular flexibility index (Phi) is 6.07. The van der Waals surface area contributed by atoms with Crippen LogP contribution in [0.2, 0.25) is 5.02 Å². The fourth-order valence-electron chi connectivity index (χ4n) is 2.60. The Morgan fingerprint density at radius 2 is 1.77 bits per heavy atom. The summed E-state index contributed by atoms with van der Waals surface area (Å²) < 4.78 is 16.3. The molecule has 0 aromatic heterocycles. The SMILES string of the molecule is CN=C(NCc1ccc(OC)cc1)NCc1cc(Cl)c2c(c1)OCCO2. The Bertz CT molecular complexity index is 778. The lowest BCUT2D eigenvalue weighted by Gasteiger charge is -2.20. The maximum atomic E-state index is 6.27. The summed E-state index contributed by atoms with van der Waals surface area (Å²) in [4.78, 5) is 4.24. The summed E-state index contributed by atoms with van der Waals surface area (Å²) in [5.74, 6) is 2.84. The van der Waals surface area contributed by atoms with E-state index in [0.717, 1.165) is 16.9 Å². The van der Waals surface area contributed by atoms with Crippen LogP contribution in [0.15, 0.2) is 41.4 Å². The molecule has 2 N–H and O–H groups in total. The van der Waals surface area contributed by atoms with Crippen LogP contribution in [0, 0.1) is 0 Å². The number of hydrogen-bond acceptors (Lipinski definition) is 4. The zero-order valence-electron chi connectivity index (χ0n) is 14.8. The van der Waals surface area contributed by atoms with E-state index in [1.807, 2.05) is 36.4 Å². The second kappa shape index (κ2) is 8.67. The highest BCUT2D eigenvalue weighted by atomic mass is 35.5. The zero-order valence-corrected chi connectivity index (χ0v) is 15.6. The molecule has 0 fully saturated rings. The van der Waals surface area contributed by atoms with Crippen LogP contribution in [0.3, 0.4) is 0 Å². The maximum Gasteiger partial charge on any atom is 0.191 e. The Morgan fingerprint density at radius 3 is 2.46 bits per heavy atom. The highest BCUT2D eigenvalue weighted by Gasteiger charge is 2.16. The first-order valence-electron chi connectivity index (χ1n) is 8.35. The lowest BCUT2D eigenvalue weighted by molar-refractivity contribution is 0.171. The summed E-state index contributed by atoms with van der Waals surface area (Å²) in [6.07, 6.45) is 0. The van der Waals surface area contributed by atoms with Crippen LogP contribution < -0.4 is 24.8 Å². The summed E-state index contributed by atoms with van der Waals surface area (Å²) in [6, 6.07) is 11.7. The van der Waals surface area contributed by atoms with Gasteiger partial charge in [0.2, 0.25) is 0 Å². The second-order valence-electron chi connectivity index (χ2n) is 5.73. The number of benzene rings is 2. The lowest BCUT2D eigenvalue weighted by atomic mass is 10.2. The number of ether oxygens (including phenoxy) is 3. The van der Waals surface area contributed by atoms with E-state index in [-0.39, 0.29) is 0 Å². The van der Waals surface area contributed by atoms with E-state index in [2.05, 4.69) is 15.6 Å². The summed E-state index contributed by atoms with van der Waals surface area (Å²) in [6.45, 7) is 2.28. The van der Waals surface area contributed by atoms with Gasteiger partial charge < -0.3 is 24.8 Å². The monoisotopic (exact) mass is 375 g/mol. The molecule has 2 aromatic rings. The molecule has 0 saturated heterocycles. The van der Waals surface area contributed by atoms with Gasteiger partial charge in [-0.2, -0.15) is 0 Å². The van der Waals surface area contributed by atoms with Crippen molar-refractivity contribution in [3.63, 3.8) is 0 Å². The Hall–Kier alpha value is -2.60. The van der Waals surface area contributed by atoms with E-state index in [4.69, 9.17) is 25.8 Å². The molecule has 0 aliphatic carbocycles. The first-order chi connectivity index (χ1) is 12.7. The van der Waals surface area contributed by atoms with Gasteiger partial charge >= 0.3 is 0 Å². The number of methoxy groups -OCH3 is 1. The van der Waals surface area contributed by atoms with Crippen molar-refractivity contribution in [1.29, 1.82) is 0 Å². The molecule has 6 nitrogen and oxygen atoms in total. The van der Waals surface area contributed by atoms with Gasteiger partial charge in [0.15, 0.2) is 17.5 Å². The van der Waals surface area contributed by atoms with Crippen molar-refractivity contribution in [3.8, 4) is 17.2 Å². The number of halogens is 1. The fourth-order valence-corrected chi connectivity index (χ4v) is 2.89. The van der Waals surface area contributed by atoms with Gasteiger partial charge in [0, 0.05) is 20.1 Å². The molecule has 2 aromatic carbocycles. The Morgan fingerprint density at radius 1 is 1.08 bits per heavy atom. The van der Waals surface area contributed by atoms with E-state index < -0.39 is 0 Å². The molecule has 0 unspecified atom stereocenters. The molecular formula is C19H22ClN3O3. The van der Waals surface area contributed by atoms with E-state index in [1.54, 1.807) is 14.2 Å². The number of rotatable bonds is 5. The van der Waals surface area contributed by atoms with Gasteiger partial charge in [-0.15, -0.1) is 0 Å². The molecule has 0 bridgehead atoms. The normalized spacial score (nSPS) is 13.3. The predicted octanol–water partition coefficient (Wildman–Crippen LogP) is 2.99. The van der Waals surface area contributed by atoms with Gasteiger partial charge in [-0.25, -0.2) is 0 Å². The van der Waals surface area contributed by atoms with E-state index in [0.29, 0.717) is 48.8 Å². The van der Waals surface area contributed by atoms with Crippen LogP contribution in [-0.2, 0) is 13.1 Å². The van der Waals surface area contributed by atoms with Crippen LogP contribution in [0.4, 0.5) is 0 Å². The number of hydrogen-bond donors (Lipinski definition) is 2. The fraction of sp³-hybridized carbons (Fsp3) is 0.316. The Labute approximate surface area is 158 Å². The van der Waals surface area contributed by atoms with Gasteiger partial charge in [0.1, 0.15) is 19.0 Å². The summed E-state index contributed by atoms with van der Waals surface area (Å²) >= 11 is 6.27. The zero-order chi connectivity index (χ0) is 18.4. The van der Waals surface area contributed by atoms with Crippen LogP contribution in [-0.4, -0.2) is 33.3 Å². The van der Waals surface area contributed by atoms with Crippen LogP contribution in [0.25, 0.3) is 0 Å². The summed E-state index contributed by atoms with van der Waals surface area (Å²) in [5, 5.41) is 7.11. The first-order valence-corrected chi connectivity index (χ1v) is 8.73. The predicted molar refractivity (Wildman–Crippen MR) is 102 cm³/mol. The van der Waals surface area contributed by atoms with E-state index in [1.165, 1.54) is 0 Å². The molecule has 1 aliphatic heterocycles. The maximum absolute atomic E-state index is 6.27. The number of nitrogens with one attached hydrogen (secondary N) is 2. The standard InChI is InChI=1S/C19H22ClN3O3/c1-21-19(22-11-13-3-5-15(24-2)6-4-13)23-12-14-9-16(20)18-17(10-14)25-7-8-26-18/h3-6,9-10H,7-8,11-12H2,1-2H3,(H2,21,22,23). The van der Waals surface area contributed by atoms with Gasteiger partial charge in [-0.05, 0) is 35.4 Å². The average Bonchev–Trinajstić information content (AvgIpc) is 2.68. The third-order valence-electron chi connectivity index (χ3n) is 3.96. The molecule has 0 spiro atoms. The molecule has 138 valence electrons. The second-order valence-corrected chi connectivity index (χ2v) is 6.14. The van der Waals surface area contributed by atoms with Crippen LogP contribution in [0.1, 0.15) is 11.1 Å². The molecule has 0 radical (unpaired) electrons. The van der Waals surface area contributed by atoms with Gasteiger partial charge in [-0.3, -0.25) is 4.99 Å². The number of guanidine groups is 1. The number of fused-ring (bicyclic) bond motifs is 1. The highest BCUT2D eigenvalue weighted by Crippen LogP contribution is 2.38. The van der Waals surface area contributed by atoms with Crippen LogP contribution >= 0.6 is 11.6 Å². The summed E-state index contributed by atoms with van der Waals surface area (Å²) in [5.41, 5.74) is 2.13. The molecule has 0 saturated carbocycles. The van der Waals surface area contributed by atoms with E-state index >= 15 is 0 Å². The molecule has 1 aliphatic rings. The van der Waals surface area contributed by atoms with Gasteiger partial charge in [-0.1, -0.05) is 23.7 Å². The molecule has 1 heterocycles. The van der Waals surface area contributed by atoms with Gasteiger partial charge in [0.05, 0.1) is 12.1 Å². The molecule has 0 atom stereocenters. The molecule has 0 amide bonds. The first kappa shape index (κ1) is 18.2. The quantitative estimate of drug-likeness (QED) is 0.621. The van der Waals surface area contributed by atoms with Crippen molar-refractivity contribution in [3.05, 3.63) is 52.5 Å². The smallest absolute Gasteiger partial charge is 0.191 e.